The van der Waals surface area contributed by atoms with Crippen molar-refractivity contribution in [2.75, 3.05) is 5.73 Å². The van der Waals surface area contributed by atoms with Gasteiger partial charge in [-0.15, -0.1) is 0 Å². The minimum atomic E-state index is -0.188. The molecule has 2 bridgehead atoms. The number of nitrogens with one attached hydrogen (secondary N) is 1. The van der Waals surface area contributed by atoms with Crippen LogP contribution in [0.15, 0.2) is 18.2 Å². The number of nitrogen functional groups attached to an aromatic ring is 1. The van der Waals surface area contributed by atoms with Gasteiger partial charge in [0.25, 0.3) is 5.91 Å². The molecule has 0 saturated carbocycles. The number of hydrogen-bond acceptors (Lipinski definition) is 4. The number of benzene rings is 1. The number of phenolic OH excluding ortho intramolecular Hbond substituents is 1. The van der Waals surface area contributed by atoms with Gasteiger partial charge in [0.15, 0.2) is 0 Å². The fourth-order valence-corrected chi connectivity index (χ4v) is 2.73. The van der Waals surface area contributed by atoms with Crippen molar-refractivity contribution in [1.29, 1.82) is 0 Å². The molecule has 5 nitrogen and oxygen atoms in total. The number of amides is 1. The number of fused-ring (bicyclic) bond motifs is 2. The maximum absolute atomic E-state index is 12.0. The van der Waals surface area contributed by atoms with Crippen molar-refractivity contribution in [3.05, 3.63) is 23.8 Å². The van der Waals surface area contributed by atoms with Crippen LogP contribution in [0.4, 0.5) is 5.69 Å². The zero-order valence-corrected chi connectivity index (χ0v) is 9.93. The van der Waals surface area contributed by atoms with Crippen LogP contribution < -0.4 is 11.1 Å². The summed E-state index contributed by atoms with van der Waals surface area (Å²) >= 11 is 0. The highest BCUT2D eigenvalue weighted by Crippen LogP contribution is 2.34. The van der Waals surface area contributed by atoms with Crippen molar-refractivity contribution >= 4 is 11.6 Å². The maximum atomic E-state index is 12.0. The number of rotatable bonds is 2. The summed E-state index contributed by atoms with van der Waals surface area (Å²) in [7, 11) is 0. The van der Waals surface area contributed by atoms with Crippen LogP contribution in [-0.2, 0) is 4.74 Å². The third kappa shape index (κ3) is 1.90. The molecule has 3 rings (SSSR count). The third-order valence-electron chi connectivity index (χ3n) is 3.72. The smallest absolute Gasteiger partial charge is 0.251 e. The quantitative estimate of drug-likeness (QED) is 0.539. The van der Waals surface area contributed by atoms with Gasteiger partial charge in [-0.2, -0.15) is 0 Å². The normalized spacial score (nSPS) is 29.4. The van der Waals surface area contributed by atoms with Crippen LogP contribution in [0.1, 0.15) is 29.6 Å². The molecule has 5 heteroatoms. The highest BCUT2D eigenvalue weighted by Gasteiger charge is 2.41. The Balaban J connectivity index is 1.69. The molecule has 3 unspecified atom stereocenters. The molecule has 96 valence electrons. The van der Waals surface area contributed by atoms with Gasteiger partial charge in [0.2, 0.25) is 0 Å². The second kappa shape index (κ2) is 4.17. The summed E-state index contributed by atoms with van der Waals surface area (Å²) < 4.78 is 5.68. The monoisotopic (exact) mass is 248 g/mol. The molecule has 2 saturated heterocycles. The number of ether oxygens (including phenoxy) is 1. The van der Waals surface area contributed by atoms with Gasteiger partial charge in [-0.05, 0) is 37.5 Å². The van der Waals surface area contributed by atoms with E-state index < -0.39 is 0 Å². The van der Waals surface area contributed by atoms with E-state index >= 15 is 0 Å². The fraction of sp³-hybridized carbons (Fsp3) is 0.462. The Bertz CT molecular complexity index is 489. The SMILES string of the molecule is Nc1ccc(C(=O)NC2CC3CCC2O3)cc1O. The van der Waals surface area contributed by atoms with Crippen LogP contribution in [-0.4, -0.2) is 29.3 Å². The van der Waals surface area contributed by atoms with E-state index in [1.807, 2.05) is 0 Å². The van der Waals surface area contributed by atoms with Gasteiger partial charge in [-0.3, -0.25) is 4.79 Å². The fourth-order valence-electron chi connectivity index (χ4n) is 2.73. The van der Waals surface area contributed by atoms with Crippen LogP contribution in [0.25, 0.3) is 0 Å². The molecule has 2 heterocycles. The molecular weight excluding hydrogens is 232 g/mol. The lowest BCUT2D eigenvalue weighted by molar-refractivity contribution is 0.0840. The molecule has 1 aromatic rings. The second-order valence-corrected chi connectivity index (χ2v) is 4.96. The number of aromatic hydroxyl groups is 1. The van der Waals surface area contributed by atoms with E-state index in [1.54, 1.807) is 6.07 Å². The van der Waals surface area contributed by atoms with Gasteiger partial charge >= 0.3 is 0 Å². The average Bonchev–Trinajstić information content (AvgIpc) is 2.94. The zero-order valence-electron chi connectivity index (χ0n) is 9.93. The van der Waals surface area contributed by atoms with E-state index in [0.717, 1.165) is 19.3 Å². The Morgan fingerprint density at radius 1 is 1.44 bits per heavy atom. The van der Waals surface area contributed by atoms with Gasteiger partial charge in [-0.1, -0.05) is 0 Å². The standard InChI is InChI=1S/C13H16N2O3/c14-9-3-1-7(5-11(9)16)13(17)15-10-6-8-2-4-12(10)18-8/h1,3,5,8,10,12,16H,2,4,6,14H2,(H,15,17). The topological polar surface area (TPSA) is 84.6 Å². The van der Waals surface area contributed by atoms with Crippen molar-refractivity contribution in [2.24, 2.45) is 0 Å². The summed E-state index contributed by atoms with van der Waals surface area (Å²) in [6.45, 7) is 0. The lowest BCUT2D eigenvalue weighted by Crippen LogP contribution is -2.41. The van der Waals surface area contributed by atoms with Gasteiger partial charge in [0, 0.05) is 5.56 Å². The predicted octanol–water partition coefficient (Wildman–Crippen LogP) is 1.02. The Hall–Kier alpha value is -1.75. The molecule has 0 radical (unpaired) electrons. The average molecular weight is 248 g/mol. The Morgan fingerprint density at radius 2 is 2.28 bits per heavy atom. The van der Waals surface area contributed by atoms with E-state index in [9.17, 15) is 9.90 Å². The largest absolute Gasteiger partial charge is 0.506 e. The number of anilines is 1. The molecule has 2 aliphatic heterocycles. The number of hydrogen-bond donors (Lipinski definition) is 3. The second-order valence-electron chi connectivity index (χ2n) is 4.96. The molecule has 2 fully saturated rings. The Kier molecular flexibility index (Phi) is 2.63. The van der Waals surface area contributed by atoms with Crippen molar-refractivity contribution in [3.63, 3.8) is 0 Å². The Morgan fingerprint density at radius 3 is 2.89 bits per heavy atom. The summed E-state index contributed by atoms with van der Waals surface area (Å²) in [5.74, 6) is -0.252. The van der Waals surface area contributed by atoms with E-state index in [4.69, 9.17) is 10.5 Å². The Labute approximate surface area is 105 Å². The zero-order chi connectivity index (χ0) is 12.7. The van der Waals surface area contributed by atoms with Gasteiger partial charge in [0.05, 0.1) is 23.9 Å². The van der Waals surface area contributed by atoms with E-state index in [2.05, 4.69) is 5.32 Å². The minimum Gasteiger partial charge on any atom is -0.506 e. The molecule has 0 aromatic heterocycles. The number of carbonyl (C=O) groups is 1. The summed E-state index contributed by atoms with van der Waals surface area (Å²) in [5, 5.41) is 12.4. The maximum Gasteiger partial charge on any atom is 0.251 e. The molecular formula is C13H16N2O3. The van der Waals surface area contributed by atoms with Crippen molar-refractivity contribution in [3.8, 4) is 5.75 Å². The molecule has 2 aliphatic rings. The lowest BCUT2D eigenvalue weighted by atomic mass is 9.95. The van der Waals surface area contributed by atoms with Gasteiger partial charge in [0.1, 0.15) is 5.75 Å². The molecule has 4 N–H and O–H groups in total. The first-order valence-electron chi connectivity index (χ1n) is 6.18. The van der Waals surface area contributed by atoms with Crippen molar-refractivity contribution < 1.29 is 14.6 Å². The molecule has 18 heavy (non-hydrogen) atoms. The number of nitrogens with two attached hydrogens (primary N) is 1. The molecule has 3 atom stereocenters. The van der Waals surface area contributed by atoms with E-state index in [1.165, 1.54) is 12.1 Å². The van der Waals surface area contributed by atoms with Crippen LogP contribution in [0.3, 0.4) is 0 Å². The van der Waals surface area contributed by atoms with E-state index in [-0.39, 0.29) is 29.5 Å². The predicted molar refractivity (Wildman–Crippen MR) is 66.3 cm³/mol. The summed E-state index contributed by atoms with van der Waals surface area (Å²) in [6.07, 6.45) is 3.46. The molecule has 0 spiro atoms. The highest BCUT2D eigenvalue weighted by atomic mass is 16.5. The lowest BCUT2D eigenvalue weighted by Gasteiger charge is -2.20. The van der Waals surface area contributed by atoms with Crippen molar-refractivity contribution in [2.45, 2.75) is 37.5 Å². The summed E-state index contributed by atoms with van der Waals surface area (Å²) in [5.41, 5.74) is 6.19. The molecule has 1 aromatic carbocycles. The first kappa shape index (κ1) is 11.3. The highest BCUT2D eigenvalue weighted by molar-refractivity contribution is 5.95. The summed E-state index contributed by atoms with van der Waals surface area (Å²) in [6, 6.07) is 4.62. The van der Waals surface area contributed by atoms with Crippen molar-refractivity contribution in [1.82, 2.24) is 5.32 Å². The van der Waals surface area contributed by atoms with Crippen LogP contribution in [0, 0.1) is 0 Å². The van der Waals surface area contributed by atoms with Gasteiger partial charge in [-0.25, -0.2) is 0 Å². The third-order valence-corrected chi connectivity index (χ3v) is 3.72. The minimum absolute atomic E-state index is 0.0631. The molecule has 1 amide bonds. The summed E-state index contributed by atoms with van der Waals surface area (Å²) in [4.78, 5) is 12.0. The molecule has 0 aliphatic carbocycles. The first-order chi connectivity index (χ1) is 8.63. The number of carbonyl (C=O) groups excluding carboxylic acids is 1. The van der Waals surface area contributed by atoms with Crippen LogP contribution in [0.5, 0.6) is 5.75 Å². The van der Waals surface area contributed by atoms with Gasteiger partial charge < -0.3 is 20.9 Å². The van der Waals surface area contributed by atoms with E-state index in [0.29, 0.717) is 11.7 Å². The first-order valence-corrected chi connectivity index (χ1v) is 6.18. The van der Waals surface area contributed by atoms with Crippen LogP contribution in [0.2, 0.25) is 0 Å². The van der Waals surface area contributed by atoms with Crippen LogP contribution >= 0.6 is 0 Å². The number of phenols is 1.